The summed E-state index contributed by atoms with van der Waals surface area (Å²) in [5.74, 6) is 1.26. The third-order valence-corrected chi connectivity index (χ3v) is 3.91. The van der Waals surface area contributed by atoms with Gasteiger partial charge in [-0.05, 0) is 48.2 Å². The van der Waals surface area contributed by atoms with Crippen LogP contribution in [0.3, 0.4) is 0 Å². The molecule has 0 atom stereocenters. The summed E-state index contributed by atoms with van der Waals surface area (Å²) in [6, 6.07) is 16.5. The second-order valence-electron chi connectivity index (χ2n) is 5.42. The van der Waals surface area contributed by atoms with Crippen molar-refractivity contribution in [1.29, 1.82) is 0 Å². The minimum absolute atomic E-state index is 0.224. The molecule has 0 aliphatic rings. The van der Waals surface area contributed by atoms with Crippen LogP contribution in [0.2, 0.25) is 0 Å². The Labute approximate surface area is 141 Å². The van der Waals surface area contributed by atoms with E-state index < -0.39 is 0 Å². The minimum Gasteiger partial charge on any atom is -0.497 e. The molecule has 122 valence electrons. The molecule has 0 saturated carbocycles. The van der Waals surface area contributed by atoms with Gasteiger partial charge in [0.05, 0.1) is 7.11 Å². The van der Waals surface area contributed by atoms with E-state index in [2.05, 4.69) is 0 Å². The van der Waals surface area contributed by atoms with E-state index in [1.165, 1.54) is 0 Å². The van der Waals surface area contributed by atoms with Gasteiger partial charge >= 0.3 is 0 Å². The first-order chi connectivity index (χ1) is 11.7. The highest BCUT2D eigenvalue weighted by atomic mass is 19.1. The van der Waals surface area contributed by atoms with Crippen molar-refractivity contribution < 1.29 is 13.9 Å². The first-order valence-electron chi connectivity index (χ1n) is 7.83. The van der Waals surface area contributed by atoms with Crippen LogP contribution in [0.15, 0.2) is 66.7 Å². The Morgan fingerprint density at radius 1 is 0.958 bits per heavy atom. The Morgan fingerprint density at radius 3 is 2.42 bits per heavy atom. The first-order valence-corrected chi connectivity index (χ1v) is 7.83. The van der Waals surface area contributed by atoms with Gasteiger partial charge in [-0.1, -0.05) is 36.4 Å². The van der Waals surface area contributed by atoms with Gasteiger partial charge in [-0.3, -0.25) is 0 Å². The molecule has 0 fully saturated rings. The third-order valence-electron chi connectivity index (χ3n) is 3.91. The van der Waals surface area contributed by atoms with Crippen LogP contribution in [0.1, 0.15) is 6.92 Å². The molecular weight excluding hydrogens is 303 g/mol. The van der Waals surface area contributed by atoms with Crippen molar-refractivity contribution in [2.75, 3.05) is 13.7 Å². The van der Waals surface area contributed by atoms with Crippen molar-refractivity contribution in [3.05, 3.63) is 72.6 Å². The lowest BCUT2D eigenvalue weighted by Gasteiger charge is -2.10. The average molecular weight is 322 g/mol. The highest BCUT2D eigenvalue weighted by molar-refractivity contribution is 5.89. The second kappa shape index (κ2) is 7.18. The van der Waals surface area contributed by atoms with E-state index in [9.17, 15) is 4.39 Å². The fourth-order valence-electron chi connectivity index (χ4n) is 2.59. The second-order valence-corrected chi connectivity index (χ2v) is 5.42. The standard InChI is InChI=1S/C21H19FO2/c1-3-4-13-24-18-10-12-20-16(14-18)7-11-19(21(20)22)15-5-8-17(23-2)9-6-15/h3-12,14H,13H2,1-2H3. The first kappa shape index (κ1) is 16.1. The molecule has 24 heavy (non-hydrogen) atoms. The Balaban J connectivity index is 1.96. The molecule has 0 aliphatic carbocycles. The van der Waals surface area contributed by atoms with E-state index in [4.69, 9.17) is 9.47 Å². The Hall–Kier alpha value is -2.81. The molecule has 2 nitrogen and oxygen atoms in total. The molecule has 0 aliphatic heterocycles. The van der Waals surface area contributed by atoms with Crippen molar-refractivity contribution in [1.82, 2.24) is 0 Å². The van der Waals surface area contributed by atoms with Crippen LogP contribution in [0.5, 0.6) is 11.5 Å². The van der Waals surface area contributed by atoms with Crippen LogP contribution in [0, 0.1) is 5.82 Å². The number of halogens is 1. The average Bonchev–Trinajstić information content (AvgIpc) is 2.62. The minimum atomic E-state index is -0.224. The molecule has 0 amide bonds. The van der Waals surface area contributed by atoms with Crippen LogP contribution < -0.4 is 9.47 Å². The Morgan fingerprint density at radius 2 is 1.71 bits per heavy atom. The molecule has 0 unspecified atom stereocenters. The SMILES string of the molecule is CC=CCOc1ccc2c(F)c(-c3ccc(OC)cc3)ccc2c1. The molecular formula is C21H19FO2. The van der Waals surface area contributed by atoms with Crippen molar-refractivity contribution in [2.45, 2.75) is 6.92 Å². The van der Waals surface area contributed by atoms with Gasteiger partial charge in [0.15, 0.2) is 0 Å². The molecule has 3 rings (SSSR count). The zero-order valence-electron chi connectivity index (χ0n) is 13.8. The summed E-state index contributed by atoms with van der Waals surface area (Å²) in [6.45, 7) is 2.45. The summed E-state index contributed by atoms with van der Waals surface area (Å²) in [4.78, 5) is 0. The molecule has 0 N–H and O–H groups in total. The third kappa shape index (κ3) is 3.25. The smallest absolute Gasteiger partial charge is 0.138 e. The fraction of sp³-hybridized carbons (Fsp3) is 0.143. The zero-order chi connectivity index (χ0) is 16.9. The molecule has 0 saturated heterocycles. The largest absolute Gasteiger partial charge is 0.497 e. The van der Waals surface area contributed by atoms with E-state index in [1.54, 1.807) is 25.3 Å². The number of rotatable bonds is 5. The van der Waals surface area contributed by atoms with Crippen LogP contribution in [0.4, 0.5) is 4.39 Å². The normalized spacial score (nSPS) is 11.1. The molecule has 3 aromatic rings. The highest BCUT2D eigenvalue weighted by Crippen LogP contribution is 2.31. The van der Waals surface area contributed by atoms with Crippen molar-refractivity contribution >= 4 is 10.8 Å². The van der Waals surface area contributed by atoms with Crippen LogP contribution in [-0.4, -0.2) is 13.7 Å². The van der Waals surface area contributed by atoms with E-state index >= 15 is 0 Å². The zero-order valence-corrected chi connectivity index (χ0v) is 13.8. The maximum Gasteiger partial charge on any atom is 0.138 e. The van der Waals surface area contributed by atoms with Gasteiger partial charge in [0.2, 0.25) is 0 Å². The maximum absolute atomic E-state index is 14.9. The predicted octanol–water partition coefficient (Wildman–Crippen LogP) is 5.61. The van der Waals surface area contributed by atoms with Crippen LogP contribution in [0.25, 0.3) is 21.9 Å². The van der Waals surface area contributed by atoms with Gasteiger partial charge in [-0.25, -0.2) is 4.39 Å². The molecule has 3 heteroatoms. The summed E-state index contributed by atoms with van der Waals surface area (Å²) in [5.41, 5.74) is 1.40. The van der Waals surface area contributed by atoms with E-state index in [1.807, 2.05) is 55.5 Å². The van der Waals surface area contributed by atoms with Gasteiger partial charge in [-0.15, -0.1) is 0 Å². The summed E-state index contributed by atoms with van der Waals surface area (Å²) in [5, 5.41) is 1.41. The number of fused-ring (bicyclic) bond motifs is 1. The highest BCUT2D eigenvalue weighted by Gasteiger charge is 2.10. The van der Waals surface area contributed by atoms with Gasteiger partial charge in [0, 0.05) is 10.9 Å². The Kier molecular flexibility index (Phi) is 4.80. The van der Waals surface area contributed by atoms with Gasteiger partial charge in [-0.2, -0.15) is 0 Å². The molecule has 0 radical (unpaired) electrons. The number of hydrogen-bond donors (Lipinski definition) is 0. The lowest BCUT2D eigenvalue weighted by atomic mass is 10.00. The topological polar surface area (TPSA) is 18.5 Å². The molecule has 0 heterocycles. The number of benzene rings is 3. The van der Waals surface area contributed by atoms with E-state index in [0.29, 0.717) is 17.6 Å². The molecule has 0 bridgehead atoms. The summed E-state index contributed by atoms with van der Waals surface area (Å²) >= 11 is 0. The van der Waals surface area contributed by atoms with Gasteiger partial charge < -0.3 is 9.47 Å². The van der Waals surface area contributed by atoms with E-state index in [0.717, 1.165) is 22.4 Å². The lowest BCUT2D eigenvalue weighted by molar-refractivity contribution is 0.363. The predicted molar refractivity (Wildman–Crippen MR) is 96.2 cm³/mol. The molecule has 3 aromatic carbocycles. The lowest BCUT2D eigenvalue weighted by Crippen LogP contribution is -1.94. The maximum atomic E-state index is 14.9. The van der Waals surface area contributed by atoms with Crippen LogP contribution in [-0.2, 0) is 0 Å². The quantitative estimate of drug-likeness (QED) is 0.568. The van der Waals surface area contributed by atoms with Gasteiger partial charge in [0.25, 0.3) is 0 Å². The van der Waals surface area contributed by atoms with E-state index in [-0.39, 0.29) is 5.82 Å². The van der Waals surface area contributed by atoms with Crippen LogP contribution >= 0.6 is 0 Å². The number of hydrogen-bond acceptors (Lipinski definition) is 2. The summed E-state index contributed by atoms with van der Waals surface area (Å²) in [7, 11) is 1.61. The van der Waals surface area contributed by atoms with Crippen molar-refractivity contribution in [2.24, 2.45) is 0 Å². The number of methoxy groups -OCH3 is 1. The molecule has 0 spiro atoms. The molecule has 0 aromatic heterocycles. The van der Waals surface area contributed by atoms with Gasteiger partial charge in [0.1, 0.15) is 23.9 Å². The summed E-state index contributed by atoms with van der Waals surface area (Å²) in [6.07, 6.45) is 3.86. The van der Waals surface area contributed by atoms with Crippen molar-refractivity contribution in [3.8, 4) is 22.6 Å². The number of ether oxygens (including phenoxy) is 2. The fourth-order valence-corrected chi connectivity index (χ4v) is 2.59. The monoisotopic (exact) mass is 322 g/mol. The summed E-state index contributed by atoms with van der Waals surface area (Å²) < 4.78 is 25.7. The van der Waals surface area contributed by atoms with Crippen molar-refractivity contribution in [3.63, 3.8) is 0 Å². The number of allylic oxidation sites excluding steroid dienone is 1. The Bertz CT molecular complexity index is 867.